The van der Waals surface area contributed by atoms with Gasteiger partial charge in [-0.15, -0.1) is 11.8 Å². The molecule has 1 aromatic carbocycles. The molecule has 12 heavy (non-hydrogen) atoms. The molecule has 1 N–H and O–H groups in total. The Morgan fingerprint density at radius 2 is 2.25 bits per heavy atom. The fourth-order valence-corrected chi connectivity index (χ4v) is 1.23. The van der Waals surface area contributed by atoms with Crippen molar-refractivity contribution in [1.29, 1.82) is 0 Å². The number of aryl methyl sites for hydroxylation is 1. The number of benzene rings is 1. The van der Waals surface area contributed by atoms with Crippen LogP contribution in [0.4, 0.5) is 5.69 Å². The average Bonchev–Trinajstić information content (AvgIpc) is 2.04. The molecular weight excluding hydrogens is 186 g/mol. The summed E-state index contributed by atoms with van der Waals surface area (Å²) in [5, 5.41) is 3.13. The summed E-state index contributed by atoms with van der Waals surface area (Å²) in [4.78, 5) is 0. The lowest BCUT2D eigenvalue weighted by Crippen LogP contribution is -2.03. The summed E-state index contributed by atoms with van der Waals surface area (Å²) in [5.74, 6) is 0. The molecule has 0 atom stereocenters. The molecule has 1 rings (SSSR count). The highest BCUT2D eigenvalue weighted by molar-refractivity contribution is 8.22. The molecule has 0 aliphatic heterocycles. The van der Waals surface area contributed by atoms with E-state index in [1.54, 1.807) is 11.8 Å². The average molecular weight is 197 g/mol. The monoisotopic (exact) mass is 197 g/mol. The summed E-state index contributed by atoms with van der Waals surface area (Å²) in [6.45, 7) is 2.06. The Balaban J connectivity index is 2.69. The number of rotatable bonds is 1. The largest absolute Gasteiger partial charge is 0.341 e. The normalized spacial score (nSPS) is 9.50. The Morgan fingerprint density at radius 1 is 1.50 bits per heavy atom. The quantitative estimate of drug-likeness (QED) is 0.695. The van der Waals surface area contributed by atoms with Crippen molar-refractivity contribution in [3.8, 4) is 0 Å². The van der Waals surface area contributed by atoms with Crippen LogP contribution in [0.3, 0.4) is 0 Å². The van der Waals surface area contributed by atoms with E-state index < -0.39 is 0 Å². The zero-order valence-electron chi connectivity index (χ0n) is 7.13. The molecule has 0 aliphatic rings. The molecule has 0 heterocycles. The van der Waals surface area contributed by atoms with Gasteiger partial charge in [0.05, 0.1) is 0 Å². The Morgan fingerprint density at radius 3 is 2.83 bits per heavy atom. The van der Waals surface area contributed by atoms with Crippen LogP contribution in [0.15, 0.2) is 24.3 Å². The molecular formula is C9H11NS2. The third-order valence-electron chi connectivity index (χ3n) is 1.45. The van der Waals surface area contributed by atoms with E-state index >= 15 is 0 Å². The SMILES string of the molecule is CSC(=S)Nc1cccc(C)c1. The van der Waals surface area contributed by atoms with Crippen LogP contribution in [0.2, 0.25) is 0 Å². The van der Waals surface area contributed by atoms with Gasteiger partial charge in [0.25, 0.3) is 0 Å². The van der Waals surface area contributed by atoms with E-state index in [0.717, 1.165) is 10.0 Å². The van der Waals surface area contributed by atoms with Crippen molar-refractivity contribution in [2.24, 2.45) is 0 Å². The van der Waals surface area contributed by atoms with Gasteiger partial charge in [0.1, 0.15) is 4.32 Å². The first-order valence-electron chi connectivity index (χ1n) is 3.64. The van der Waals surface area contributed by atoms with Crippen molar-refractivity contribution in [3.05, 3.63) is 29.8 Å². The molecule has 3 heteroatoms. The minimum atomic E-state index is 0.806. The third-order valence-corrected chi connectivity index (χ3v) is 2.52. The Kier molecular flexibility index (Phi) is 3.56. The number of anilines is 1. The minimum Gasteiger partial charge on any atom is -0.341 e. The number of hydrogen-bond acceptors (Lipinski definition) is 2. The molecule has 0 fully saturated rings. The smallest absolute Gasteiger partial charge is 0.137 e. The van der Waals surface area contributed by atoms with Gasteiger partial charge in [-0.25, -0.2) is 0 Å². The fourth-order valence-electron chi connectivity index (χ4n) is 0.892. The lowest BCUT2D eigenvalue weighted by atomic mass is 10.2. The third kappa shape index (κ3) is 2.83. The van der Waals surface area contributed by atoms with Crippen LogP contribution < -0.4 is 5.32 Å². The summed E-state index contributed by atoms with van der Waals surface area (Å²) >= 11 is 6.58. The summed E-state index contributed by atoms with van der Waals surface area (Å²) in [6.07, 6.45) is 1.96. The van der Waals surface area contributed by atoms with Crippen LogP contribution in [-0.4, -0.2) is 10.6 Å². The minimum absolute atomic E-state index is 0.806. The van der Waals surface area contributed by atoms with Crippen LogP contribution in [0, 0.1) is 6.92 Å². The van der Waals surface area contributed by atoms with E-state index in [9.17, 15) is 0 Å². The number of thiocarbonyl (C=S) groups is 1. The maximum absolute atomic E-state index is 5.03. The van der Waals surface area contributed by atoms with Crippen LogP contribution in [0.1, 0.15) is 5.56 Å². The second-order valence-electron chi connectivity index (χ2n) is 2.49. The van der Waals surface area contributed by atoms with Gasteiger partial charge in [0.15, 0.2) is 0 Å². The highest BCUT2D eigenvalue weighted by atomic mass is 32.2. The Bertz CT molecular complexity index is 284. The maximum Gasteiger partial charge on any atom is 0.137 e. The van der Waals surface area contributed by atoms with E-state index in [2.05, 4.69) is 24.4 Å². The molecule has 0 amide bonds. The molecule has 0 aromatic heterocycles. The first-order chi connectivity index (χ1) is 5.72. The maximum atomic E-state index is 5.03. The van der Waals surface area contributed by atoms with E-state index in [0.29, 0.717) is 0 Å². The van der Waals surface area contributed by atoms with Crippen LogP contribution in [-0.2, 0) is 0 Å². The van der Waals surface area contributed by atoms with Crippen LogP contribution >= 0.6 is 24.0 Å². The van der Waals surface area contributed by atoms with Crippen molar-refractivity contribution in [2.45, 2.75) is 6.92 Å². The predicted molar refractivity (Wildman–Crippen MR) is 60.9 cm³/mol. The number of thioether (sulfide) groups is 1. The van der Waals surface area contributed by atoms with Crippen molar-refractivity contribution < 1.29 is 0 Å². The van der Waals surface area contributed by atoms with Crippen molar-refractivity contribution in [3.63, 3.8) is 0 Å². The first-order valence-corrected chi connectivity index (χ1v) is 5.27. The van der Waals surface area contributed by atoms with Crippen molar-refractivity contribution in [2.75, 3.05) is 11.6 Å². The topological polar surface area (TPSA) is 12.0 Å². The molecule has 0 aliphatic carbocycles. The molecule has 0 unspecified atom stereocenters. The molecule has 0 spiro atoms. The van der Waals surface area contributed by atoms with Crippen LogP contribution in [0.5, 0.6) is 0 Å². The summed E-state index contributed by atoms with van der Waals surface area (Å²) in [7, 11) is 0. The van der Waals surface area contributed by atoms with Crippen LogP contribution in [0.25, 0.3) is 0 Å². The summed E-state index contributed by atoms with van der Waals surface area (Å²) < 4.78 is 0.806. The van der Waals surface area contributed by atoms with Gasteiger partial charge in [0.2, 0.25) is 0 Å². The number of hydrogen-bond donors (Lipinski definition) is 1. The van der Waals surface area contributed by atoms with Gasteiger partial charge in [-0.3, -0.25) is 0 Å². The molecule has 1 nitrogen and oxygen atoms in total. The highest BCUT2D eigenvalue weighted by Crippen LogP contribution is 2.11. The van der Waals surface area contributed by atoms with Crippen molar-refractivity contribution in [1.82, 2.24) is 0 Å². The van der Waals surface area contributed by atoms with Gasteiger partial charge < -0.3 is 5.32 Å². The molecule has 0 saturated heterocycles. The summed E-state index contributed by atoms with van der Waals surface area (Å²) in [6, 6.07) is 8.16. The Hall–Kier alpha value is -0.540. The Labute approximate surface area is 82.6 Å². The van der Waals surface area contributed by atoms with Gasteiger partial charge in [0, 0.05) is 5.69 Å². The van der Waals surface area contributed by atoms with Gasteiger partial charge in [-0.1, -0.05) is 24.4 Å². The zero-order valence-corrected chi connectivity index (χ0v) is 8.76. The zero-order chi connectivity index (χ0) is 8.97. The second kappa shape index (κ2) is 4.48. The molecule has 0 saturated carbocycles. The fraction of sp³-hybridized carbons (Fsp3) is 0.222. The second-order valence-corrected chi connectivity index (χ2v) is 3.97. The lowest BCUT2D eigenvalue weighted by molar-refractivity contribution is 1.47. The molecule has 0 radical (unpaired) electrons. The number of nitrogens with one attached hydrogen (secondary N) is 1. The standard InChI is InChI=1S/C9H11NS2/c1-7-4-3-5-8(6-7)10-9(11)12-2/h3-6H,1-2H3,(H,10,11). The van der Waals surface area contributed by atoms with E-state index in [-0.39, 0.29) is 0 Å². The van der Waals surface area contributed by atoms with Gasteiger partial charge in [-0.2, -0.15) is 0 Å². The lowest BCUT2D eigenvalue weighted by Gasteiger charge is -2.05. The highest BCUT2D eigenvalue weighted by Gasteiger charge is 1.94. The van der Waals surface area contributed by atoms with E-state index in [1.165, 1.54) is 5.56 Å². The first kappa shape index (κ1) is 9.55. The van der Waals surface area contributed by atoms with Crippen molar-refractivity contribution >= 4 is 34.0 Å². The summed E-state index contributed by atoms with van der Waals surface area (Å²) in [5.41, 5.74) is 2.30. The van der Waals surface area contributed by atoms with E-state index in [1.807, 2.05) is 18.4 Å². The predicted octanol–water partition coefficient (Wildman–Crippen LogP) is 3.05. The van der Waals surface area contributed by atoms with E-state index in [4.69, 9.17) is 12.2 Å². The molecule has 1 aromatic rings. The van der Waals surface area contributed by atoms with Gasteiger partial charge >= 0.3 is 0 Å². The van der Waals surface area contributed by atoms with Gasteiger partial charge in [-0.05, 0) is 30.9 Å². The molecule has 0 bridgehead atoms. The molecule has 64 valence electrons.